The molecule has 0 aliphatic carbocycles. The fraction of sp³-hybridized carbons (Fsp3) is 0.0741. The number of rotatable bonds is 6. The molecule has 3 aromatic carbocycles. The Morgan fingerprint density at radius 2 is 1.82 bits per heavy atom. The first kappa shape index (κ1) is 21.6. The Morgan fingerprint density at radius 3 is 2.55 bits per heavy atom. The fourth-order valence-corrected chi connectivity index (χ4v) is 3.64. The number of nitrogens with one attached hydrogen (secondary N) is 1. The molecule has 4 rings (SSSR count). The lowest BCUT2D eigenvalue weighted by atomic mass is 10.1. The highest BCUT2D eigenvalue weighted by molar-refractivity contribution is 6.11. The molecule has 0 saturated heterocycles. The van der Waals surface area contributed by atoms with Crippen LogP contribution in [-0.4, -0.2) is 21.6 Å². The van der Waals surface area contributed by atoms with Gasteiger partial charge in [-0.3, -0.25) is 4.79 Å². The average molecular weight is 435 g/mol. The van der Waals surface area contributed by atoms with Gasteiger partial charge in [0.1, 0.15) is 11.6 Å². The van der Waals surface area contributed by atoms with Crippen molar-refractivity contribution in [2.75, 3.05) is 5.32 Å². The van der Waals surface area contributed by atoms with Crippen molar-refractivity contribution < 1.29 is 14.7 Å². The summed E-state index contributed by atoms with van der Waals surface area (Å²) in [4.78, 5) is 23.9. The Balaban J connectivity index is 1.66. The third-order valence-corrected chi connectivity index (χ3v) is 5.33. The maximum Gasteiger partial charge on any atom is 0.335 e. The average Bonchev–Trinajstić information content (AvgIpc) is 3.16. The quantitative estimate of drug-likeness (QED) is 0.320. The van der Waals surface area contributed by atoms with Gasteiger partial charge in [-0.25, -0.2) is 4.79 Å². The topological polar surface area (TPSA) is 95.1 Å². The van der Waals surface area contributed by atoms with Gasteiger partial charge in [0.2, 0.25) is 0 Å². The molecule has 162 valence electrons. The van der Waals surface area contributed by atoms with E-state index in [1.165, 1.54) is 23.8 Å². The van der Waals surface area contributed by atoms with E-state index in [1.807, 2.05) is 43.5 Å². The number of benzene rings is 3. The van der Waals surface area contributed by atoms with E-state index < -0.39 is 11.9 Å². The molecule has 0 radical (unpaired) electrons. The molecule has 1 amide bonds. The molecule has 6 heteroatoms. The molecule has 6 nitrogen and oxygen atoms in total. The van der Waals surface area contributed by atoms with E-state index in [9.17, 15) is 14.9 Å². The SMILES string of the molecule is Cc1ccc(Cn2cc(/C=C(/C#N)C(=O)Nc3cccc(C(=O)O)c3)c3ccccc32)cc1. The molecular formula is C27H21N3O3. The summed E-state index contributed by atoms with van der Waals surface area (Å²) < 4.78 is 2.09. The van der Waals surface area contributed by atoms with Crippen LogP contribution in [0.15, 0.2) is 84.6 Å². The van der Waals surface area contributed by atoms with Gasteiger partial charge in [0.15, 0.2) is 0 Å². The van der Waals surface area contributed by atoms with Crippen molar-refractivity contribution in [3.05, 3.63) is 107 Å². The van der Waals surface area contributed by atoms with Crippen LogP contribution in [0.25, 0.3) is 17.0 Å². The number of aromatic carboxylic acids is 1. The van der Waals surface area contributed by atoms with Crippen LogP contribution in [0.2, 0.25) is 0 Å². The summed E-state index contributed by atoms with van der Waals surface area (Å²) in [5, 5.41) is 22.3. The first-order chi connectivity index (χ1) is 15.9. The lowest BCUT2D eigenvalue weighted by molar-refractivity contribution is -0.112. The molecule has 4 aromatic rings. The highest BCUT2D eigenvalue weighted by atomic mass is 16.4. The number of carboxylic acids is 1. The number of anilines is 1. The van der Waals surface area contributed by atoms with E-state index in [1.54, 1.807) is 12.1 Å². The van der Waals surface area contributed by atoms with Crippen LogP contribution in [0.4, 0.5) is 5.69 Å². The predicted octanol–water partition coefficient (Wildman–Crippen LogP) is 5.24. The summed E-state index contributed by atoms with van der Waals surface area (Å²) in [5.74, 6) is -1.70. The summed E-state index contributed by atoms with van der Waals surface area (Å²) in [6, 6.07) is 24.0. The van der Waals surface area contributed by atoms with Crippen molar-refractivity contribution in [2.24, 2.45) is 0 Å². The first-order valence-electron chi connectivity index (χ1n) is 10.3. The Labute approximate surface area is 191 Å². The van der Waals surface area contributed by atoms with Gasteiger partial charge in [0, 0.05) is 34.9 Å². The Morgan fingerprint density at radius 1 is 1.06 bits per heavy atom. The highest BCUT2D eigenvalue weighted by Crippen LogP contribution is 2.25. The van der Waals surface area contributed by atoms with Crippen molar-refractivity contribution in [3.8, 4) is 6.07 Å². The zero-order chi connectivity index (χ0) is 23.4. The van der Waals surface area contributed by atoms with Crippen molar-refractivity contribution in [1.29, 1.82) is 5.26 Å². The molecule has 0 bridgehead atoms. The molecule has 1 aromatic heterocycles. The van der Waals surface area contributed by atoms with E-state index in [0.717, 1.165) is 22.0 Å². The standard InChI is InChI=1S/C27H21N3O3/c1-18-9-11-19(12-10-18)16-30-17-22(24-7-2-3-8-25(24)30)13-21(15-28)26(31)29-23-6-4-5-20(14-23)27(32)33/h2-14,17H,16H2,1H3,(H,29,31)(H,32,33)/b21-13-. The number of amides is 1. The zero-order valence-electron chi connectivity index (χ0n) is 17.9. The normalized spacial score (nSPS) is 11.2. The van der Waals surface area contributed by atoms with E-state index >= 15 is 0 Å². The van der Waals surface area contributed by atoms with Crippen LogP contribution in [0.1, 0.15) is 27.0 Å². The number of carboxylic acid groups (broad SMARTS) is 1. The van der Waals surface area contributed by atoms with Crippen molar-refractivity contribution in [3.63, 3.8) is 0 Å². The number of fused-ring (bicyclic) bond motifs is 1. The first-order valence-corrected chi connectivity index (χ1v) is 10.3. The van der Waals surface area contributed by atoms with E-state index in [-0.39, 0.29) is 11.1 Å². The number of hydrogen-bond donors (Lipinski definition) is 2. The molecule has 2 N–H and O–H groups in total. The van der Waals surface area contributed by atoms with Gasteiger partial charge in [-0.15, -0.1) is 0 Å². The zero-order valence-corrected chi connectivity index (χ0v) is 17.9. The Bertz CT molecular complexity index is 1420. The number of nitriles is 1. The molecule has 0 fully saturated rings. The number of para-hydroxylation sites is 1. The number of carbonyl (C=O) groups excluding carboxylic acids is 1. The predicted molar refractivity (Wildman–Crippen MR) is 128 cm³/mol. The Kier molecular flexibility index (Phi) is 6.05. The minimum Gasteiger partial charge on any atom is -0.478 e. The molecule has 0 unspecified atom stereocenters. The number of carbonyl (C=O) groups is 2. The van der Waals surface area contributed by atoms with Crippen LogP contribution >= 0.6 is 0 Å². The van der Waals surface area contributed by atoms with E-state index in [4.69, 9.17) is 5.11 Å². The number of hydrogen-bond acceptors (Lipinski definition) is 3. The highest BCUT2D eigenvalue weighted by Gasteiger charge is 2.14. The monoisotopic (exact) mass is 435 g/mol. The van der Waals surface area contributed by atoms with Gasteiger partial charge >= 0.3 is 5.97 Å². The summed E-state index contributed by atoms with van der Waals surface area (Å²) in [6.45, 7) is 2.70. The lowest BCUT2D eigenvalue weighted by Crippen LogP contribution is -2.13. The molecule has 0 spiro atoms. The second-order valence-electron chi connectivity index (χ2n) is 7.72. The van der Waals surface area contributed by atoms with Gasteiger partial charge in [-0.1, -0.05) is 54.1 Å². The molecule has 0 aliphatic rings. The number of aromatic nitrogens is 1. The van der Waals surface area contributed by atoms with Gasteiger partial charge in [-0.05, 0) is 42.8 Å². The second-order valence-corrected chi connectivity index (χ2v) is 7.72. The third-order valence-electron chi connectivity index (χ3n) is 5.33. The van der Waals surface area contributed by atoms with Crippen molar-refractivity contribution in [1.82, 2.24) is 4.57 Å². The van der Waals surface area contributed by atoms with Crippen molar-refractivity contribution in [2.45, 2.75) is 13.5 Å². The summed E-state index contributed by atoms with van der Waals surface area (Å²) >= 11 is 0. The van der Waals surface area contributed by atoms with Gasteiger partial charge < -0.3 is 15.0 Å². The van der Waals surface area contributed by atoms with Crippen LogP contribution in [0, 0.1) is 18.3 Å². The molecule has 0 saturated carbocycles. The largest absolute Gasteiger partial charge is 0.478 e. The van der Waals surface area contributed by atoms with Crippen LogP contribution in [0.3, 0.4) is 0 Å². The molecule has 33 heavy (non-hydrogen) atoms. The number of nitrogens with zero attached hydrogens (tertiary/aromatic N) is 2. The van der Waals surface area contributed by atoms with Crippen LogP contribution in [-0.2, 0) is 11.3 Å². The third kappa shape index (κ3) is 4.83. The summed E-state index contributed by atoms with van der Waals surface area (Å²) in [5.41, 5.74) is 4.37. The fourth-order valence-electron chi connectivity index (χ4n) is 3.64. The second kappa shape index (κ2) is 9.25. The molecule has 0 atom stereocenters. The minimum absolute atomic E-state index is 0.0504. The van der Waals surface area contributed by atoms with Gasteiger partial charge in [0.25, 0.3) is 5.91 Å². The van der Waals surface area contributed by atoms with Crippen molar-refractivity contribution >= 4 is 34.5 Å². The maximum atomic E-state index is 12.7. The lowest BCUT2D eigenvalue weighted by Gasteiger charge is -2.06. The molecular weight excluding hydrogens is 414 g/mol. The minimum atomic E-state index is -1.09. The van der Waals surface area contributed by atoms with E-state index in [0.29, 0.717) is 12.2 Å². The number of aryl methyl sites for hydroxylation is 1. The Hall–Kier alpha value is -4.63. The van der Waals surface area contributed by atoms with Crippen LogP contribution in [0.5, 0.6) is 0 Å². The summed E-state index contributed by atoms with van der Waals surface area (Å²) in [6.07, 6.45) is 3.49. The molecule has 0 aliphatic heterocycles. The van der Waals surface area contributed by atoms with Crippen LogP contribution < -0.4 is 5.32 Å². The van der Waals surface area contributed by atoms with Gasteiger partial charge in [0.05, 0.1) is 5.56 Å². The van der Waals surface area contributed by atoms with Gasteiger partial charge in [-0.2, -0.15) is 5.26 Å². The summed E-state index contributed by atoms with van der Waals surface area (Å²) in [7, 11) is 0. The van der Waals surface area contributed by atoms with E-state index in [2.05, 4.69) is 34.1 Å². The maximum absolute atomic E-state index is 12.7. The smallest absolute Gasteiger partial charge is 0.335 e. The molecule has 1 heterocycles.